The summed E-state index contributed by atoms with van der Waals surface area (Å²) in [7, 11) is 0. The number of ketones is 1. The molecular formula is C31H25Cl2N3O4S2. The van der Waals surface area contributed by atoms with Gasteiger partial charge in [-0.25, -0.2) is 0 Å². The van der Waals surface area contributed by atoms with E-state index in [0.29, 0.717) is 38.1 Å². The largest absolute Gasteiger partial charge is 0.503 e. The molecule has 2 heterocycles. The highest BCUT2D eigenvalue weighted by atomic mass is 35.5. The molecule has 0 saturated heterocycles. The molecule has 0 bridgehead atoms. The van der Waals surface area contributed by atoms with E-state index >= 15 is 0 Å². The van der Waals surface area contributed by atoms with Crippen molar-refractivity contribution < 1.29 is 19.4 Å². The van der Waals surface area contributed by atoms with Crippen LogP contribution in [0.5, 0.6) is 5.75 Å². The number of ether oxygens (including phenoxy) is 1. The molecule has 1 aliphatic heterocycles. The maximum absolute atomic E-state index is 13.5. The molecule has 4 aromatic rings. The summed E-state index contributed by atoms with van der Waals surface area (Å²) < 4.78 is 6.41. The van der Waals surface area contributed by atoms with Crippen molar-refractivity contribution in [2.45, 2.75) is 29.5 Å². The minimum atomic E-state index is -0.938. The van der Waals surface area contributed by atoms with Gasteiger partial charge in [-0.2, -0.15) is 0 Å². The standard InChI is InChI=1S/C31H25Cl2N3O4S2/c1-2-15-40-23-10-6-9-20(16-23)27-26(25(37)14-11-19-7-4-3-5-8-19)28(38)29(39)36(27)30-34-35-31(42-30)41-18-21-12-13-22(32)17-24(21)33/h3-14,16-17,27,38H,2,15,18H2,1H3. The quantitative estimate of drug-likeness (QED) is 0.101. The first kappa shape index (κ1) is 29.8. The molecular weight excluding hydrogens is 613 g/mol. The maximum atomic E-state index is 13.5. The molecule has 3 aromatic carbocycles. The van der Waals surface area contributed by atoms with Gasteiger partial charge in [0.2, 0.25) is 5.13 Å². The van der Waals surface area contributed by atoms with Gasteiger partial charge in [0.25, 0.3) is 5.91 Å². The summed E-state index contributed by atoms with van der Waals surface area (Å²) in [6.07, 6.45) is 3.83. The van der Waals surface area contributed by atoms with E-state index in [9.17, 15) is 14.7 Å². The number of aliphatic hydroxyl groups excluding tert-OH is 1. The maximum Gasteiger partial charge on any atom is 0.296 e. The second-order valence-electron chi connectivity index (χ2n) is 9.24. The number of carbonyl (C=O) groups excluding carboxylic acids is 2. The number of amides is 1. The van der Waals surface area contributed by atoms with Crippen LogP contribution in [0.1, 0.15) is 36.1 Å². The summed E-state index contributed by atoms with van der Waals surface area (Å²) in [5, 5.41) is 20.9. The molecule has 42 heavy (non-hydrogen) atoms. The summed E-state index contributed by atoms with van der Waals surface area (Å²) in [6.45, 7) is 2.52. The number of aliphatic hydroxyl groups is 1. The van der Waals surface area contributed by atoms with E-state index in [-0.39, 0.29) is 10.7 Å². The van der Waals surface area contributed by atoms with Crippen LogP contribution in [0.2, 0.25) is 10.0 Å². The molecule has 1 aliphatic rings. The van der Waals surface area contributed by atoms with Crippen molar-refractivity contribution in [3.63, 3.8) is 0 Å². The number of anilines is 1. The number of aromatic nitrogens is 2. The van der Waals surface area contributed by atoms with Gasteiger partial charge < -0.3 is 9.84 Å². The van der Waals surface area contributed by atoms with Gasteiger partial charge in [-0.3, -0.25) is 14.5 Å². The topological polar surface area (TPSA) is 92.6 Å². The summed E-state index contributed by atoms with van der Waals surface area (Å²) in [5.41, 5.74) is 2.23. The molecule has 1 amide bonds. The lowest BCUT2D eigenvalue weighted by Gasteiger charge is -2.24. The van der Waals surface area contributed by atoms with Gasteiger partial charge in [0.05, 0.1) is 18.2 Å². The Morgan fingerprint density at radius 3 is 2.67 bits per heavy atom. The Morgan fingerprint density at radius 1 is 1.10 bits per heavy atom. The fourth-order valence-corrected chi connectivity index (χ4v) is 6.75. The van der Waals surface area contributed by atoms with Gasteiger partial charge in [-0.05, 0) is 53.5 Å². The summed E-state index contributed by atoms with van der Waals surface area (Å²) in [5.74, 6) is -0.748. The molecule has 1 aromatic heterocycles. The Labute approximate surface area is 261 Å². The lowest BCUT2D eigenvalue weighted by molar-refractivity contribution is -0.117. The zero-order valence-electron chi connectivity index (χ0n) is 22.4. The smallest absolute Gasteiger partial charge is 0.296 e. The predicted molar refractivity (Wildman–Crippen MR) is 169 cm³/mol. The first-order valence-electron chi connectivity index (χ1n) is 13.0. The van der Waals surface area contributed by atoms with E-state index < -0.39 is 23.5 Å². The third-order valence-corrected chi connectivity index (χ3v) is 9.01. The number of benzene rings is 3. The van der Waals surface area contributed by atoms with Crippen molar-refractivity contribution in [2.24, 2.45) is 0 Å². The van der Waals surface area contributed by atoms with Crippen LogP contribution in [0.15, 0.2) is 94.5 Å². The summed E-state index contributed by atoms with van der Waals surface area (Å²) in [6, 6.07) is 20.8. The normalized spacial score (nSPS) is 15.2. The number of rotatable bonds is 11. The Morgan fingerprint density at radius 2 is 1.90 bits per heavy atom. The minimum absolute atomic E-state index is 0.0443. The van der Waals surface area contributed by atoms with E-state index in [1.54, 1.807) is 36.4 Å². The highest BCUT2D eigenvalue weighted by Crippen LogP contribution is 2.44. The zero-order chi connectivity index (χ0) is 29.6. The third kappa shape index (κ3) is 6.71. The van der Waals surface area contributed by atoms with Crippen LogP contribution in [0.4, 0.5) is 5.13 Å². The van der Waals surface area contributed by atoms with Crippen molar-refractivity contribution in [1.29, 1.82) is 0 Å². The van der Waals surface area contributed by atoms with Gasteiger partial charge >= 0.3 is 0 Å². The summed E-state index contributed by atoms with van der Waals surface area (Å²) in [4.78, 5) is 28.4. The molecule has 0 radical (unpaired) electrons. The number of hydrogen-bond donors (Lipinski definition) is 1. The second kappa shape index (κ2) is 13.6. The number of halogens is 2. The van der Waals surface area contributed by atoms with Gasteiger partial charge in [0.1, 0.15) is 5.75 Å². The second-order valence-corrected chi connectivity index (χ2v) is 12.3. The molecule has 1 unspecified atom stereocenters. The number of hydrogen-bond acceptors (Lipinski definition) is 8. The minimum Gasteiger partial charge on any atom is -0.503 e. The molecule has 0 saturated carbocycles. The van der Waals surface area contributed by atoms with E-state index in [1.165, 1.54) is 34.1 Å². The Hall–Kier alpha value is -3.63. The van der Waals surface area contributed by atoms with Crippen LogP contribution in [0.3, 0.4) is 0 Å². The van der Waals surface area contributed by atoms with E-state index in [2.05, 4.69) is 10.2 Å². The monoisotopic (exact) mass is 637 g/mol. The fourth-order valence-electron chi connectivity index (χ4n) is 4.33. The molecule has 1 N–H and O–H groups in total. The molecule has 0 fully saturated rings. The predicted octanol–water partition coefficient (Wildman–Crippen LogP) is 8.11. The molecule has 0 aliphatic carbocycles. The van der Waals surface area contributed by atoms with E-state index in [0.717, 1.165) is 17.5 Å². The van der Waals surface area contributed by atoms with E-state index in [1.807, 2.05) is 49.4 Å². The van der Waals surface area contributed by atoms with Crippen LogP contribution in [-0.4, -0.2) is 33.6 Å². The summed E-state index contributed by atoms with van der Waals surface area (Å²) >= 11 is 14.9. The lowest BCUT2D eigenvalue weighted by atomic mass is 9.95. The first-order chi connectivity index (χ1) is 20.4. The average Bonchev–Trinajstić information content (AvgIpc) is 3.56. The van der Waals surface area contributed by atoms with Gasteiger partial charge in [-0.15, -0.1) is 10.2 Å². The third-order valence-electron chi connectivity index (χ3n) is 6.32. The highest BCUT2D eigenvalue weighted by Gasteiger charge is 2.45. The molecule has 1 atom stereocenters. The number of allylic oxidation sites excluding steroid dienone is 1. The Kier molecular flexibility index (Phi) is 9.64. The van der Waals surface area contributed by atoms with Crippen molar-refractivity contribution in [2.75, 3.05) is 11.5 Å². The SMILES string of the molecule is CCCOc1cccc(C2C(C(=O)C=Cc3ccccc3)=C(O)C(=O)N2c2nnc(SCc3ccc(Cl)cc3Cl)s2)c1. The zero-order valence-corrected chi connectivity index (χ0v) is 25.5. The van der Waals surface area contributed by atoms with Crippen LogP contribution >= 0.6 is 46.3 Å². The fraction of sp³-hybridized carbons (Fsp3) is 0.161. The number of carbonyl (C=O) groups is 2. The van der Waals surface area contributed by atoms with Crippen LogP contribution < -0.4 is 9.64 Å². The van der Waals surface area contributed by atoms with E-state index in [4.69, 9.17) is 27.9 Å². The Balaban J connectivity index is 1.47. The number of nitrogens with zero attached hydrogens (tertiary/aromatic N) is 3. The van der Waals surface area contributed by atoms with Gasteiger partial charge in [0.15, 0.2) is 15.9 Å². The Bertz CT molecular complexity index is 1670. The van der Waals surface area contributed by atoms with Crippen LogP contribution in [0.25, 0.3) is 6.08 Å². The number of thioether (sulfide) groups is 1. The van der Waals surface area contributed by atoms with Gasteiger partial charge in [0, 0.05) is 15.8 Å². The highest BCUT2D eigenvalue weighted by molar-refractivity contribution is 8.00. The van der Waals surface area contributed by atoms with Crippen molar-refractivity contribution in [1.82, 2.24) is 10.2 Å². The molecule has 5 rings (SSSR count). The molecule has 0 spiro atoms. The molecule has 11 heteroatoms. The molecule has 214 valence electrons. The van der Waals surface area contributed by atoms with Crippen molar-refractivity contribution in [3.05, 3.63) is 117 Å². The lowest BCUT2D eigenvalue weighted by Crippen LogP contribution is -2.30. The van der Waals surface area contributed by atoms with Crippen molar-refractivity contribution in [3.8, 4) is 5.75 Å². The molecule has 7 nitrogen and oxygen atoms in total. The van der Waals surface area contributed by atoms with Crippen LogP contribution in [-0.2, 0) is 15.3 Å². The van der Waals surface area contributed by atoms with Crippen molar-refractivity contribution >= 4 is 69.2 Å². The van der Waals surface area contributed by atoms with Gasteiger partial charge in [-0.1, -0.05) is 108 Å². The van der Waals surface area contributed by atoms with Crippen LogP contribution in [0, 0.1) is 0 Å². The first-order valence-corrected chi connectivity index (χ1v) is 15.6. The average molecular weight is 639 g/mol.